The molecule has 0 atom stereocenters. The van der Waals surface area contributed by atoms with E-state index in [0.717, 1.165) is 0 Å². The van der Waals surface area contributed by atoms with Crippen LogP contribution in [-0.4, -0.2) is 46.6 Å². The van der Waals surface area contributed by atoms with Crippen LogP contribution in [0.5, 0.6) is 0 Å². The number of sulfonamides is 1. The Hall–Kier alpha value is -0.670. The zero-order valence-corrected chi connectivity index (χ0v) is 14.0. The van der Waals surface area contributed by atoms with Crippen molar-refractivity contribution in [3.8, 4) is 0 Å². The molecule has 0 saturated carbocycles. The summed E-state index contributed by atoms with van der Waals surface area (Å²) in [7, 11) is -0.367. The second-order valence-corrected chi connectivity index (χ2v) is 6.65. The summed E-state index contributed by atoms with van der Waals surface area (Å²) in [4.78, 5) is 0.112. The Labute approximate surface area is 128 Å². The Kier molecular flexibility index (Phi) is 6.90. The van der Waals surface area contributed by atoms with Gasteiger partial charge in [0.15, 0.2) is 4.67 Å². The van der Waals surface area contributed by atoms with Gasteiger partial charge >= 0.3 is 0 Å². The summed E-state index contributed by atoms with van der Waals surface area (Å²) in [6.45, 7) is 4.81. The average molecular weight is 367 g/mol. The van der Waals surface area contributed by atoms with E-state index in [-0.39, 0.29) is 22.7 Å². The van der Waals surface area contributed by atoms with E-state index in [4.69, 9.17) is 9.15 Å². The van der Waals surface area contributed by atoms with Crippen LogP contribution in [-0.2, 0) is 21.3 Å². The second kappa shape index (κ2) is 7.94. The molecular formula is C12H19BrN2O4S. The summed E-state index contributed by atoms with van der Waals surface area (Å²) in [6, 6.07) is 1.51. The first-order valence-electron chi connectivity index (χ1n) is 6.00. The van der Waals surface area contributed by atoms with E-state index < -0.39 is 10.0 Å². The first kappa shape index (κ1) is 17.4. The third-order valence-corrected chi connectivity index (χ3v) is 5.27. The molecule has 0 amide bonds. The minimum Gasteiger partial charge on any atom is -0.452 e. The molecular weight excluding hydrogens is 348 g/mol. The van der Waals surface area contributed by atoms with E-state index in [9.17, 15) is 8.42 Å². The van der Waals surface area contributed by atoms with E-state index in [1.807, 2.05) is 0 Å². The normalized spacial score (nSPS) is 12.0. The zero-order chi connectivity index (χ0) is 15.2. The van der Waals surface area contributed by atoms with Crippen molar-refractivity contribution < 1.29 is 17.6 Å². The third-order valence-electron chi connectivity index (χ3n) is 2.55. The Morgan fingerprint density at radius 2 is 2.30 bits per heavy atom. The van der Waals surface area contributed by atoms with Gasteiger partial charge in [-0.25, -0.2) is 8.42 Å². The van der Waals surface area contributed by atoms with Crippen LogP contribution in [0.3, 0.4) is 0 Å². The van der Waals surface area contributed by atoms with Crippen molar-refractivity contribution in [2.45, 2.75) is 11.4 Å². The van der Waals surface area contributed by atoms with Crippen molar-refractivity contribution in [3.05, 3.63) is 29.2 Å². The van der Waals surface area contributed by atoms with Gasteiger partial charge < -0.3 is 14.5 Å². The fourth-order valence-electron chi connectivity index (χ4n) is 1.62. The summed E-state index contributed by atoms with van der Waals surface area (Å²) in [5.74, 6) is 0.545. The standard InChI is InChI=1S/C12H19BrN2O4S/c1-4-5-15(6-7-18-3)20(16,17)11-8-10(9-14-2)19-12(11)13/h4,8,14H,1,5-7,9H2,2-3H3. The molecule has 0 aliphatic rings. The number of hydrogen-bond donors (Lipinski definition) is 1. The number of hydrogen-bond acceptors (Lipinski definition) is 5. The molecule has 6 nitrogen and oxygen atoms in total. The van der Waals surface area contributed by atoms with Crippen LogP contribution in [0.15, 0.2) is 32.7 Å². The molecule has 0 bridgehead atoms. The molecule has 0 fully saturated rings. The third kappa shape index (κ3) is 4.16. The monoisotopic (exact) mass is 366 g/mol. The largest absolute Gasteiger partial charge is 0.452 e. The summed E-state index contributed by atoms with van der Waals surface area (Å²) in [5, 5.41) is 2.91. The molecule has 0 aliphatic carbocycles. The molecule has 0 saturated heterocycles. The summed E-state index contributed by atoms with van der Waals surface area (Å²) < 4.78 is 37.0. The van der Waals surface area contributed by atoms with Crippen molar-refractivity contribution in [2.75, 3.05) is 33.9 Å². The average Bonchev–Trinajstić information content (AvgIpc) is 2.76. The Balaban J connectivity index is 3.08. The molecule has 0 unspecified atom stereocenters. The van der Waals surface area contributed by atoms with Crippen molar-refractivity contribution >= 4 is 26.0 Å². The van der Waals surface area contributed by atoms with Gasteiger partial charge in [-0.2, -0.15) is 4.31 Å². The maximum Gasteiger partial charge on any atom is 0.247 e. The van der Waals surface area contributed by atoms with E-state index in [1.165, 1.54) is 23.6 Å². The van der Waals surface area contributed by atoms with Crippen LogP contribution in [0, 0.1) is 0 Å². The maximum atomic E-state index is 12.6. The van der Waals surface area contributed by atoms with Crippen LogP contribution in [0.25, 0.3) is 0 Å². The first-order chi connectivity index (χ1) is 9.47. The predicted molar refractivity (Wildman–Crippen MR) is 80.0 cm³/mol. The Morgan fingerprint density at radius 3 is 2.85 bits per heavy atom. The highest BCUT2D eigenvalue weighted by atomic mass is 79.9. The zero-order valence-electron chi connectivity index (χ0n) is 11.6. The van der Waals surface area contributed by atoms with E-state index in [0.29, 0.717) is 18.9 Å². The van der Waals surface area contributed by atoms with Gasteiger partial charge in [-0.1, -0.05) is 6.08 Å². The van der Waals surface area contributed by atoms with E-state index in [2.05, 4.69) is 27.8 Å². The topological polar surface area (TPSA) is 71.8 Å². The Bertz CT molecular complexity index is 542. The molecule has 1 aromatic rings. The number of halogens is 1. The van der Waals surface area contributed by atoms with Crippen LogP contribution in [0.2, 0.25) is 0 Å². The SMILES string of the molecule is C=CCN(CCOC)S(=O)(=O)c1cc(CNC)oc1Br. The number of ether oxygens (including phenoxy) is 1. The quantitative estimate of drug-likeness (QED) is 0.671. The number of nitrogens with zero attached hydrogens (tertiary/aromatic N) is 1. The molecule has 1 aromatic heterocycles. The molecule has 0 aliphatic heterocycles. The van der Waals surface area contributed by atoms with Crippen molar-refractivity contribution in [1.29, 1.82) is 0 Å². The van der Waals surface area contributed by atoms with Crippen molar-refractivity contribution in [1.82, 2.24) is 9.62 Å². The lowest BCUT2D eigenvalue weighted by molar-refractivity contribution is 0.182. The second-order valence-electron chi connectivity index (χ2n) is 4.03. The highest BCUT2D eigenvalue weighted by Gasteiger charge is 2.28. The fraction of sp³-hybridized carbons (Fsp3) is 0.500. The lowest BCUT2D eigenvalue weighted by atomic mass is 10.4. The molecule has 8 heteroatoms. The minimum atomic E-state index is -3.65. The van der Waals surface area contributed by atoms with E-state index >= 15 is 0 Å². The van der Waals surface area contributed by atoms with Crippen molar-refractivity contribution in [3.63, 3.8) is 0 Å². The highest BCUT2D eigenvalue weighted by Crippen LogP contribution is 2.28. The van der Waals surface area contributed by atoms with Gasteiger partial charge in [0.2, 0.25) is 10.0 Å². The number of nitrogens with one attached hydrogen (secondary N) is 1. The van der Waals surface area contributed by atoms with Gasteiger partial charge in [0.1, 0.15) is 10.7 Å². The van der Waals surface area contributed by atoms with Crippen LogP contribution >= 0.6 is 15.9 Å². The fourth-order valence-corrected chi connectivity index (χ4v) is 3.98. The first-order valence-corrected chi connectivity index (χ1v) is 8.23. The molecule has 1 heterocycles. The van der Waals surface area contributed by atoms with Gasteiger partial charge in [0.25, 0.3) is 0 Å². The smallest absolute Gasteiger partial charge is 0.247 e. The molecule has 0 spiro atoms. The van der Waals surface area contributed by atoms with Crippen LogP contribution in [0.4, 0.5) is 0 Å². The number of methoxy groups -OCH3 is 1. The van der Waals surface area contributed by atoms with Crippen LogP contribution in [0.1, 0.15) is 5.76 Å². The molecule has 1 rings (SSSR count). The van der Waals surface area contributed by atoms with Crippen molar-refractivity contribution in [2.24, 2.45) is 0 Å². The number of rotatable bonds is 9. The molecule has 114 valence electrons. The van der Waals surface area contributed by atoms with Gasteiger partial charge in [0, 0.05) is 26.3 Å². The lowest BCUT2D eigenvalue weighted by Crippen LogP contribution is -2.34. The van der Waals surface area contributed by atoms with Gasteiger partial charge in [-0.3, -0.25) is 0 Å². The predicted octanol–water partition coefficient (Wildman–Crippen LogP) is 1.58. The maximum absolute atomic E-state index is 12.6. The highest BCUT2D eigenvalue weighted by molar-refractivity contribution is 9.10. The molecule has 0 radical (unpaired) electrons. The Morgan fingerprint density at radius 1 is 1.60 bits per heavy atom. The molecule has 1 N–H and O–H groups in total. The van der Waals surface area contributed by atoms with Gasteiger partial charge in [-0.05, 0) is 23.0 Å². The summed E-state index contributed by atoms with van der Waals surface area (Å²) in [5.41, 5.74) is 0. The minimum absolute atomic E-state index is 0.112. The van der Waals surface area contributed by atoms with E-state index in [1.54, 1.807) is 7.05 Å². The van der Waals surface area contributed by atoms with Gasteiger partial charge in [-0.15, -0.1) is 6.58 Å². The molecule has 20 heavy (non-hydrogen) atoms. The summed E-state index contributed by atoms with van der Waals surface area (Å²) in [6.07, 6.45) is 1.54. The lowest BCUT2D eigenvalue weighted by Gasteiger charge is -2.19. The molecule has 0 aromatic carbocycles. The van der Waals surface area contributed by atoms with Crippen LogP contribution < -0.4 is 5.32 Å². The summed E-state index contributed by atoms with van der Waals surface area (Å²) >= 11 is 3.15. The van der Waals surface area contributed by atoms with Gasteiger partial charge in [0.05, 0.1) is 13.2 Å². The number of furan rings is 1.